The molecule has 0 saturated carbocycles. The van der Waals surface area contributed by atoms with E-state index < -0.39 is 74.2 Å². The normalized spacial score (nSPS) is 24.5. The summed E-state index contributed by atoms with van der Waals surface area (Å²) in [5.41, 5.74) is -5.17. The van der Waals surface area contributed by atoms with Crippen molar-refractivity contribution in [2.24, 2.45) is 0 Å². The Morgan fingerprint density at radius 3 is 2.50 bits per heavy atom. The molecule has 16 heteroatoms. The highest BCUT2D eigenvalue weighted by Crippen LogP contribution is 2.49. The average Bonchev–Trinajstić information content (AvgIpc) is 3.17. The number of aromatic amines is 1. The Labute approximate surface area is 236 Å². The molecule has 3 aromatic rings. The second kappa shape index (κ2) is 12.4. The summed E-state index contributed by atoms with van der Waals surface area (Å²) in [5, 5.41) is 14.4. The molecule has 1 aromatic heterocycles. The third-order valence-corrected chi connectivity index (χ3v) is 8.00. The van der Waals surface area contributed by atoms with E-state index in [1.807, 2.05) is 4.98 Å². The third kappa shape index (κ3) is 6.60. The van der Waals surface area contributed by atoms with Gasteiger partial charge in [0, 0.05) is 12.3 Å². The Kier molecular flexibility index (Phi) is 9.28. The number of halogens is 3. The number of benzene rings is 2. The fourth-order valence-corrected chi connectivity index (χ4v) is 5.77. The van der Waals surface area contributed by atoms with E-state index in [0.717, 1.165) is 17.6 Å². The fraction of sp³-hybridized carbons (Fsp3) is 0.423. The number of aliphatic hydroxyl groups is 1. The minimum absolute atomic E-state index is 0.0333. The zero-order valence-electron chi connectivity index (χ0n) is 22.6. The van der Waals surface area contributed by atoms with E-state index in [0.29, 0.717) is 9.95 Å². The van der Waals surface area contributed by atoms with Crippen molar-refractivity contribution >= 4 is 24.5 Å². The molecule has 2 aromatic carbocycles. The SMILES string of the molecule is CC(C)OC(=O)[C@H](C)NP(=O)(OC[C@@]1(C(F)F)O[C@@H](n2ccc(=O)[nH]c2=O)[C@@H](F)[C@@H]1O)Oc1ccc2ccccc2c1. The van der Waals surface area contributed by atoms with Crippen molar-refractivity contribution in [1.82, 2.24) is 14.6 Å². The maximum atomic E-state index is 15.2. The molecule has 0 bridgehead atoms. The van der Waals surface area contributed by atoms with Gasteiger partial charge in [-0.3, -0.25) is 23.7 Å². The molecule has 1 saturated heterocycles. The summed E-state index contributed by atoms with van der Waals surface area (Å²) in [4.78, 5) is 37.8. The first-order valence-corrected chi connectivity index (χ1v) is 14.3. The zero-order valence-corrected chi connectivity index (χ0v) is 23.5. The van der Waals surface area contributed by atoms with Crippen LogP contribution in [0.1, 0.15) is 27.0 Å². The van der Waals surface area contributed by atoms with E-state index in [4.69, 9.17) is 18.5 Å². The summed E-state index contributed by atoms with van der Waals surface area (Å²) in [7, 11) is -4.78. The van der Waals surface area contributed by atoms with Gasteiger partial charge >= 0.3 is 19.4 Å². The first-order valence-electron chi connectivity index (χ1n) is 12.8. The number of hydrogen-bond donors (Lipinski definition) is 3. The number of hydrogen-bond acceptors (Lipinski definition) is 9. The Morgan fingerprint density at radius 2 is 1.86 bits per heavy atom. The lowest BCUT2D eigenvalue weighted by atomic mass is 9.97. The van der Waals surface area contributed by atoms with Gasteiger partial charge in [0.05, 0.1) is 12.7 Å². The van der Waals surface area contributed by atoms with Gasteiger partial charge in [-0.1, -0.05) is 30.3 Å². The van der Waals surface area contributed by atoms with Crippen molar-refractivity contribution in [1.29, 1.82) is 0 Å². The van der Waals surface area contributed by atoms with Crippen LogP contribution in [-0.4, -0.2) is 63.7 Å². The number of carbonyl (C=O) groups is 1. The highest BCUT2D eigenvalue weighted by atomic mass is 31.2. The molecule has 1 unspecified atom stereocenters. The van der Waals surface area contributed by atoms with Gasteiger partial charge in [-0.05, 0) is 43.7 Å². The van der Waals surface area contributed by atoms with Crippen molar-refractivity contribution in [2.75, 3.05) is 6.61 Å². The topological polar surface area (TPSA) is 158 Å². The van der Waals surface area contributed by atoms with E-state index in [1.165, 1.54) is 19.1 Å². The molecule has 228 valence electrons. The lowest BCUT2D eigenvalue weighted by molar-refractivity contribution is -0.192. The van der Waals surface area contributed by atoms with E-state index in [1.54, 1.807) is 44.2 Å². The molecule has 0 radical (unpaired) electrons. The van der Waals surface area contributed by atoms with Gasteiger partial charge in [-0.2, -0.15) is 5.09 Å². The summed E-state index contributed by atoms with van der Waals surface area (Å²) in [5.74, 6) is -0.896. The number of nitrogens with one attached hydrogen (secondary N) is 2. The summed E-state index contributed by atoms with van der Waals surface area (Å²) >= 11 is 0. The lowest BCUT2D eigenvalue weighted by Gasteiger charge is -2.32. The van der Waals surface area contributed by atoms with Crippen molar-refractivity contribution < 1.29 is 46.2 Å². The number of nitrogens with zero attached hydrogens (tertiary/aromatic N) is 1. The molecule has 1 aliphatic heterocycles. The molecule has 6 atom stereocenters. The van der Waals surface area contributed by atoms with Gasteiger partial charge in [-0.25, -0.2) is 22.5 Å². The highest BCUT2D eigenvalue weighted by Gasteiger charge is 2.62. The molecule has 4 rings (SSSR count). The van der Waals surface area contributed by atoms with E-state index in [2.05, 4.69) is 5.09 Å². The Hall–Kier alpha value is -3.49. The van der Waals surface area contributed by atoms with Crippen LogP contribution in [0.2, 0.25) is 0 Å². The summed E-state index contributed by atoms with van der Waals surface area (Å²) in [6.07, 6.45) is -10.6. The zero-order chi connectivity index (χ0) is 30.8. The highest BCUT2D eigenvalue weighted by molar-refractivity contribution is 7.52. The van der Waals surface area contributed by atoms with Gasteiger partial charge in [0.15, 0.2) is 18.0 Å². The molecule has 2 heterocycles. The Balaban J connectivity index is 1.65. The van der Waals surface area contributed by atoms with Crippen molar-refractivity contribution in [3.8, 4) is 5.75 Å². The molecule has 3 N–H and O–H groups in total. The van der Waals surface area contributed by atoms with Crippen LogP contribution in [-0.2, 0) is 23.4 Å². The fourth-order valence-electron chi connectivity index (χ4n) is 4.25. The number of H-pyrrole nitrogens is 1. The molecule has 1 aliphatic rings. The maximum Gasteiger partial charge on any atom is 0.459 e. The number of alkyl halides is 3. The standard InChI is InChI=1S/C26H29F3N3O9P/c1-14(2)39-23(35)15(3)31-42(37,41-18-9-8-16-6-4-5-7-17(16)12-18)38-13-26(24(28)29)21(34)20(27)22(40-26)32-11-10-19(33)30-25(32)36/h4-12,14-15,20-22,24,34H,13H2,1-3H3,(H,31,37)(H,30,33,36)/t15-,20-,21-,22+,26+,42?/m0/s1. The second-order valence-electron chi connectivity index (χ2n) is 9.88. The molecule has 0 spiro atoms. The molecular weight excluding hydrogens is 586 g/mol. The van der Waals surface area contributed by atoms with Crippen LogP contribution < -0.4 is 20.9 Å². The first-order chi connectivity index (χ1) is 19.7. The van der Waals surface area contributed by atoms with Crippen LogP contribution in [0.3, 0.4) is 0 Å². The van der Waals surface area contributed by atoms with Crippen molar-refractivity contribution in [3.63, 3.8) is 0 Å². The number of carbonyl (C=O) groups excluding carboxylic acids is 1. The predicted molar refractivity (Wildman–Crippen MR) is 143 cm³/mol. The van der Waals surface area contributed by atoms with Crippen LogP contribution >= 0.6 is 7.75 Å². The van der Waals surface area contributed by atoms with E-state index in [9.17, 15) is 32.8 Å². The first kappa shape index (κ1) is 31.4. The smallest absolute Gasteiger partial charge is 0.459 e. The lowest BCUT2D eigenvalue weighted by Crippen LogP contribution is -2.52. The molecule has 0 amide bonds. The number of rotatable bonds is 11. The Morgan fingerprint density at radius 1 is 1.17 bits per heavy atom. The average molecular weight is 615 g/mol. The minimum Gasteiger partial charge on any atom is -0.462 e. The second-order valence-corrected chi connectivity index (χ2v) is 11.6. The molecule has 12 nitrogen and oxygen atoms in total. The minimum atomic E-state index is -4.78. The quantitative estimate of drug-likeness (QED) is 0.216. The number of ether oxygens (including phenoxy) is 2. The summed E-state index contributed by atoms with van der Waals surface area (Å²) in [6.45, 7) is 3.01. The molecule has 42 heavy (non-hydrogen) atoms. The van der Waals surface area contributed by atoms with Crippen LogP contribution in [0.5, 0.6) is 5.75 Å². The van der Waals surface area contributed by atoms with Crippen LogP contribution in [0, 0.1) is 0 Å². The van der Waals surface area contributed by atoms with Crippen molar-refractivity contribution in [3.05, 3.63) is 75.6 Å². The van der Waals surface area contributed by atoms with Gasteiger partial charge in [0.1, 0.15) is 17.9 Å². The molecule has 0 aliphatic carbocycles. The number of aliphatic hydroxyl groups excluding tert-OH is 1. The van der Waals surface area contributed by atoms with Gasteiger partial charge < -0.3 is 19.1 Å². The number of aromatic nitrogens is 2. The van der Waals surface area contributed by atoms with Gasteiger partial charge in [0.25, 0.3) is 12.0 Å². The van der Waals surface area contributed by atoms with Crippen LogP contribution in [0.15, 0.2) is 64.3 Å². The Bertz CT molecular complexity index is 1600. The number of esters is 1. The van der Waals surface area contributed by atoms with E-state index >= 15 is 4.39 Å². The van der Waals surface area contributed by atoms with Crippen LogP contribution in [0.25, 0.3) is 10.8 Å². The summed E-state index contributed by atoms with van der Waals surface area (Å²) in [6, 6.07) is 11.1. The maximum absolute atomic E-state index is 15.2. The van der Waals surface area contributed by atoms with Crippen LogP contribution in [0.4, 0.5) is 13.2 Å². The summed E-state index contributed by atoms with van der Waals surface area (Å²) < 4.78 is 79.7. The molecular formula is C26H29F3N3O9P. The van der Waals surface area contributed by atoms with E-state index in [-0.39, 0.29) is 5.75 Å². The van der Waals surface area contributed by atoms with Crippen molar-refractivity contribution in [2.45, 2.75) is 63.4 Å². The predicted octanol–water partition coefficient (Wildman–Crippen LogP) is 3.05. The monoisotopic (exact) mass is 615 g/mol. The van der Waals surface area contributed by atoms with Gasteiger partial charge in [0.2, 0.25) is 0 Å². The molecule has 1 fully saturated rings. The third-order valence-electron chi connectivity index (χ3n) is 6.37. The largest absolute Gasteiger partial charge is 0.462 e. The number of fused-ring (bicyclic) bond motifs is 1. The van der Waals surface area contributed by atoms with Gasteiger partial charge in [-0.15, -0.1) is 0 Å².